The minimum Gasteiger partial charge on any atom is -0.493 e. The summed E-state index contributed by atoms with van der Waals surface area (Å²) in [5, 5.41) is 27.2. The van der Waals surface area contributed by atoms with E-state index in [4.69, 9.17) is 27.5 Å². The van der Waals surface area contributed by atoms with Gasteiger partial charge in [-0.2, -0.15) is 0 Å². The minimum atomic E-state index is -0.925. The van der Waals surface area contributed by atoms with Crippen LogP contribution in [0.3, 0.4) is 0 Å². The third kappa shape index (κ3) is 3.83. The average Bonchev–Trinajstić information content (AvgIpc) is 2.86. The Hall–Kier alpha value is -2.78. The molecule has 0 amide bonds. The van der Waals surface area contributed by atoms with Crippen LogP contribution in [0.5, 0.6) is 11.6 Å². The zero-order chi connectivity index (χ0) is 19.7. The van der Waals surface area contributed by atoms with E-state index in [1.54, 1.807) is 18.2 Å². The zero-order valence-electron chi connectivity index (χ0n) is 14.3. The summed E-state index contributed by atoms with van der Waals surface area (Å²) in [4.78, 5) is 23.7. The average molecular weight is 404 g/mol. The molecule has 0 spiro atoms. The Morgan fingerprint density at radius 1 is 1.44 bits per heavy atom. The standard InChI is InChI=1S/C18H16N2O5S2/c1-9-4-5-12-10(7-9)15(23)11(16(19)25-12)8-13-17(24)20(18(26)27-13)6-2-3-14(21)22/h4-5,7-8,19,24H,2-3,6H2,1H3,(H,21,22)/b11-8+,19-16?. The molecule has 27 heavy (non-hydrogen) atoms. The molecule has 3 N–H and O–H groups in total. The van der Waals surface area contributed by atoms with Crippen molar-refractivity contribution in [2.45, 2.75) is 26.3 Å². The molecule has 0 aliphatic carbocycles. The van der Waals surface area contributed by atoms with Gasteiger partial charge in [0, 0.05) is 13.0 Å². The number of aromatic hydroxyl groups is 1. The lowest BCUT2D eigenvalue weighted by Crippen LogP contribution is -2.24. The number of aryl methyl sites for hydroxylation is 1. The van der Waals surface area contributed by atoms with Crippen LogP contribution in [0.2, 0.25) is 0 Å². The molecule has 0 bridgehead atoms. The molecule has 3 rings (SSSR count). The summed E-state index contributed by atoms with van der Waals surface area (Å²) in [5.74, 6) is -1.41. The fraction of sp³-hybridized carbons (Fsp3) is 0.222. The topological polar surface area (TPSA) is 113 Å². The normalized spacial score (nSPS) is 14.9. The third-order valence-corrected chi connectivity index (χ3v) is 5.41. The molecule has 2 heterocycles. The van der Waals surface area contributed by atoms with E-state index < -0.39 is 5.97 Å². The first-order valence-corrected chi connectivity index (χ1v) is 9.28. The van der Waals surface area contributed by atoms with Crippen molar-refractivity contribution in [1.82, 2.24) is 4.57 Å². The van der Waals surface area contributed by atoms with Gasteiger partial charge in [0.2, 0.25) is 17.6 Å². The van der Waals surface area contributed by atoms with E-state index in [2.05, 4.69) is 0 Å². The number of hydrogen-bond acceptors (Lipinski definition) is 7. The van der Waals surface area contributed by atoms with Gasteiger partial charge >= 0.3 is 5.97 Å². The quantitative estimate of drug-likeness (QED) is 0.516. The van der Waals surface area contributed by atoms with E-state index in [0.29, 0.717) is 26.6 Å². The summed E-state index contributed by atoms with van der Waals surface area (Å²) in [7, 11) is 0. The molecule has 0 radical (unpaired) electrons. The number of ketones is 1. The number of thiazole rings is 1. The van der Waals surface area contributed by atoms with Crippen molar-refractivity contribution in [3.63, 3.8) is 0 Å². The Kier molecular flexibility index (Phi) is 5.24. The third-order valence-electron chi connectivity index (χ3n) is 4.02. The number of Topliss-reactive ketones (excluding diaryl/α,β-unsaturated/α-hetero) is 1. The van der Waals surface area contributed by atoms with E-state index in [0.717, 1.165) is 16.9 Å². The molecule has 9 heteroatoms. The highest BCUT2D eigenvalue weighted by Gasteiger charge is 2.29. The largest absolute Gasteiger partial charge is 0.493 e. The Balaban J connectivity index is 1.95. The summed E-state index contributed by atoms with van der Waals surface area (Å²) in [5.41, 5.74) is 1.28. The van der Waals surface area contributed by atoms with Crippen molar-refractivity contribution < 1.29 is 24.5 Å². The van der Waals surface area contributed by atoms with E-state index in [9.17, 15) is 14.7 Å². The molecule has 1 aliphatic rings. The summed E-state index contributed by atoms with van der Waals surface area (Å²) in [6.45, 7) is 2.10. The lowest BCUT2D eigenvalue weighted by Gasteiger charge is -2.19. The van der Waals surface area contributed by atoms with Crippen molar-refractivity contribution in [2.75, 3.05) is 0 Å². The Bertz CT molecular complexity index is 1050. The van der Waals surface area contributed by atoms with Crippen LogP contribution in [0.25, 0.3) is 6.08 Å². The second-order valence-corrected chi connectivity index (χ2v) is 7.70. The lowest BCUT2D eigenvalue weighted by molar-refractivity contribution is -0.137. The maximum Gasteiger partial charge on any atom is 0.303 e. The van der Waals surface area contributed by atoms with Crippen LogP contribution in [0.1, 0.15) is 33.6 Å². The molecular formula is C18H16N2O5S2. The molecule has 0 fully saturated rings. The highest BCUT2D eigenvalue weighted by Crippen LogP contribution is 2.33. The van der Waals surface area contributed by atoms with Gasteiger partial charge in [-0.05, 0) is 43.8 Å². The van der Waals surface area contributed by atoms with Gasteiger partial charge in [-0.3, -0.25) is 19.6 Å². The first-order chi connectivity index (χ1) is 12.8. The Morgan fingerprint density at radius 3 is 2.89 bits per heavy atom. The van der Waals surface area contributed by atoms with Crippen molar-refractivity contribution >= 4 is 47.3 Å². The zero-order valence-corrected chi connectivity index (χ0v) is 15.9. The number of carboxylic acid groups (broad SMARTS) is 1. The molecule has 2 aromatic rings. The lowest BCUT2D eigenvalue weighted by atomic mass is 9.97. The van der Waals surface area contributed by atoms with Crippen LogP contribution in [-0.4, -0.2) is 32.4 Å². The number of rotatable bonds is 5. The number of fused-ring (bicyclic) bond motifs is 1. The van der Waals surface area contributed by atoms with Gasteiger partial charge in [-0.1, -0.05) is 11.6 Å². The molecule has 7 nitrogen and oxygen atoms in total. The summed E-state index contributed by atoms with van der Waals surface area (Å²) in [6, 6.07) is 5.13. The minimum absolute atomic E-state index is 0.0253. The fourth-order valence-corrected chi connectivity index (χ4v) is 3.98. The number of aliphatic carboxylic acids is 1. The number of carbonyl (C=O) groups is 2. The fourth-order valence-electron chi connectivity index (χ4n) is 2.68. The first-order valence-electron chi connectivity index (χ1n) is 8.06. The summed E-state index contributed by atoms with van der Waals surface area (Å²) >= 11 is 6.30. The second kappa shape index (κ2) is 7.45. The van der Waals surface area contributed by atoms with Crippen molar-refractivity contribution in [2.24, 2.45) is 0 Å². The van der Waals surface area contributed by atoms with E-state index in [-0.39, 0.29) is 36.1 Å². The van der Waals surface area contributed by atoms with Crippen LogP contribution in [0.4, 0.5) is 0 Å². The molecule has 1 aromatic carbocycles. The van der Waals surface area contributed by atoms with Crippen molar-refractivity contribution in [1.29, 1.82) is 5.41 Å². The highest BCUT2D eigenvalue weighted by molar-refractivity contribution is 7.73. The maximum absolute atomic E-state index is 12.8. The monoisotopic (exact) mass is 404 g/mol. The predicted molar refractivity (Wildman–Crippen MR) is 104 cm³/mol. The van der Waals surface area contributed by atoms with Gasteiger partial charge in [0.15, 0.2) is 3.95 Å². The van der Waals surface area contributed by atoms with Gasteiger partial charge < -0.3 is 14.9 Å². The van der Waals surface area contributed by atoms with Gasteiger partial charge in [0.1, 0.15) is 5.75 Å². The Morgan fingerprint density at radius 2 is 2.19 bits per heavy atom. The second-order valence-electron chi connectivity index (χ2n) is 6.02. The molecule has 1 aliphatic heterocycles. The van der Waals surface area contributed by atoms with Gasteiger partial charge in [0.25, 0.3) is 0 Å². The molecule has 0 saturated carbocycles. The predicted octanol–water partition coefficient (Wildman–Crippen LogP) is 3.79. The number of carbonyl (C=O) groups excluding carboxylic acids is 1. The van der Waals surface area contributed by atoms with Crippen molar-refractivity contribution in [3.8, 4) is 11.6 Å². The highest BCUT2D eigenvalue weighted by atomic mass is 32.1. The molecular weight excluding hydrogens is 388 g/mol. The summed E-state index contributed by atoms with van der Waals surface area (Å²) < 4.78 is 7.21. The van der Waals surface area contributed by atoms with E-state index >= 15 is 0 Å². The van der Waals surface area contributed by atoms with Crippen LogP contribution in [0.15, 0.2) is 23.8 Å². The van der Waals surface area contributed by atoms with Crippen molar-refractivity contribution in [3.05, 3.63) is 43.7 Å². The van der Waals surface area contributed by atoms with Gasteiger partial charge in [0.05, 0.1) is 16.0 Å². The maximum atomic E-state index is 12.8. The first kappa shape index (κ1) is 19.0. The molecule has 1 aromatic heterocycles. The van der Waals surface area contributed by atoms with Crippen LogP contribution in [0, 0.1) is 16.3 Å². The Labute approximate surface area is 163 Å². The number of aromatic nitrogens is 1. The number of nitrogens with zero attached hydrogens (tertiary/aromatic N) is 1. The number of nitrogens with one attached hydrogen (secondary N) is 1. The SMILES string of the molecule is Cc1ccc2c(c1)C(=O)/C(=C\c1sc(=S)n(CCCC(=O)O)c1O)C(=N)O2. The number of ether oxygens (including phenoxy) is 1. The number of carboxylic acids is 1. The molecule has 0 saturated heterocycles. The van der Waals surface area contributed by atoms with E-state index in [1.165, 1.54) is 10.6 Å². The van der Waals surface area contributed by atoms with Crippen LogP contribution >= 0.6 is 23.6 Å². The van der Waals surface area contributed by atoms with E-state index in [1.807, 2.05) is 6.92 Å². The number of benzene rings is 1. The van der Waals surface area contributed by atoms with Crippen LogP contribution < -0.4 is 4.74 Å². The molecule has 0 atom stereocenters. The van der Waals surface area contributed by atoms with Gasteiger partial charge in [-0.25, -0.2) is 0 Å². The molecule has 0 unspecified atom stereocenters. The van der Waals surface area contributed by atoms with Crippen LogP contribution in [-0.2, 0) is 11.3 Å². The van der Waals surface area contributed by atoms with Gasteiger partial charge in [-0.15, -0.1) is 11.3 Å². The smallest absolute Gasteiger partial charge is 0.303 e. The number of hydrogen-bond donors (Lipinski definition) is 3. The molecule has 140 valence electrons. The summed E-state index contributed by atoms with van der Waals surface area (Å²) in [6.07, 6.45) is 1.66.